The molecule has 2 aromatic carbocycles. The largest absolute Gasteiger partial charge is 0.457 e. The lowest BCUT2D eigenvalue weighted by molar-refractivity contribution is 0.322. The van der Waals surface area contributed by atoms with Crippen LogP contribution in [0, 0.1) is 5.41 Å². The normalized spacial score (nSPS) is 16.4. The summed E-state index contributed by atoms with van der Waals surface area (Å²) >= 11 is 0. The SMILES string of the molecule is CN1CCCC1CNc1ncnc(N)c1C(=N)c1ccc(Oc2ccccc2)cc1. The molecule has 0 amide bonds. The van der Waals surface area contributed by atoms with Crippen LogP contribution in [0.5, 0.6) is 11.5 Å². The Morgan fingerprint density at radius 2 is 1.87 bits per heavy atom. The van der Waals surface area contributed by atoms with Gasteiger partial charge in [0.1, 0.15) is 29.5 Å². The Hall–Kier alpha value is -3.45. The first-order valence-corrected chi connectivity index (χ1v) is 10.1. The number of ether oxygens (including phenoxy) is 1. The Kier molecular flexibility index (Phi) is 5.90. The van der Waals surface area contributed by atoms with Crippen molar-refractivity contribution in [1.82, 2.24) is 14.9 Å². The summed E-state index contributed by atoms with van der Waals surface area (Å²) in [6.45, 7) is 1.87. The van der Waals surface area contributed by atoms with E-state index in [1.54, 1.807) is 0 Å². The number of nitrogens with two attached hydrogens (primary N) is 1. The lowest BCUT2D eigenvalue weighted by Gasteiger charge is -2.21. The van der Waals surface area contributed by atoms with Crippen molar-refractivity contribution in [2.24, 2.45) is 0 Å². The molecule has 0 saturated carbocycles. The first-order valence-electron chi connectivity index (χ1n) is 10.1. The molecule has 0 radical (unpaired) electrons. The standard InChI is InChI=1S/C23H26N6O/c1-29-13-5-6-17(29)14-26-23-20(22(25)27-15-28-23)21(24)16-9-11-19(12-10-16)30-18-7-3-2-4-8-18/h2-4,7-12,15,17,24H,5-6,13-14H2,1H3,(H3,25,26,27,28). The van der Waals surface area contributed by atoms with E-state index in [1.165, 1.54) is 12.7 Å². The fourth-order valence-corrected chi connectivity index (χ4v) is 3.69. The zero-order chi connectivity index (χ0) is 20.9. The van der Waals surface area contributed by atoms with Crippen LogP contribution in [-0.4, -0.2) is 46.8 Å². The van der Waals surface area contributed by atoms with Gasteiger partial charge in [0, 0.05) is 18.2 Å². The lowest BCUT2D eigenvalue weighted by atomic mass is 10.0. The molecule has 1 aromatic heterocycles. The lowest BCUT2D eigenvalue weighted by Crippen LogP contribution is -2.32. The number of para-hydroxylation sites is 1. The summed E-state index contributed by atoms with van der Waals surface area (Å²) in [5.41, 5.74) is 7.66. The van der Waals surface area contributed by atoms with Crippen molar-refractivity contribution in [2.45, 2.75) is 18.9 Å². The van der Waals surface area contributed by atoms with Crippen LogP contribution in [0.3, 0.4) is 0 Å². The molecule has 4 rings (SSSR count). The van der Waals surface area contributed by atoms with Crippen LogP contribution in [0.2, 0.25) is 0 Å². The molecule has 4 N–H and O–H groups in total. The monoisotopic (exact) mass is 402 g/mol. The number of likely N-dealkylation sites (tertiary alicyclic amines) is 1. The van der Waals surface area contributed by atoms with E-state index in [0.717, 1.165) is 30.8 Å². The molecule has 1 saturated heterocycles. The number of nitrogens with zero attached hydrogens (tertiary/aromatic N) is 3. The topological polar surface area (TPSA) is 100 Å². The molecular weight excluding hydrogens is 376 g/mol. The van der Waals surface area contributed by atoms with Gasteiger partial charge in [-0.25, -0.2) is 9.97 Å². The molecule has 0 aliphatic carbocycles. The predicted octanol–water partition coefficient (Wildman–Crippen LogP) is 3.77. The minimum absolute atomic E-state index is 0.279. The van der Waals surface area contributed by atoms with Crippen molar-refractivity contribution in [3.8, 4) is 11.5 Å². The van der Waals surface area contributed by atoms with Gasteiger partial charge in [-0.1, -0.05) is 18.2 Å². The van der Waals surface area contributed by atoms with Crippen LogP contribution >= 0.6 is 0 Å². The van der Waals surface area contributed by atoms with E-state index in [1.807, 2.05) is 54.6 Å². The van der Waals surface area contributed by atoms with Gasteiger partial charge in [0.15, 0.2) is 0 Å². The van der Waals surface area contributed by atoms with Gasteiger partial charge in [0.05, 0.1) is 11.3 Å². The number of anilines is 2. The molecule has 1 atom stereocenters. The highest BCUT2D eigenvalue weighted by Crippen LogP contribution is 2.25. The van der Waals surface area contributed by atoms with E-state index in [9.17, 15) is 0 Å². The number of hydrogen-bond acceptors (Lipinski definition) is 7. The number of rotatable bonds is 7. The Morgan fingerprint density at radius 1 is 1.13 bits per heavy atom. The third-order valence-corrected chi connectivity index (χ3v) is 5.43. The van der Waals surface area contributed by atoms with Crippen molar-refractivity contribution >= 4 is 17.3 Å². The van der Waals surface area contributed by atoms with Crippen LogP contribution in [0.25, 0.3) is 0 Å². The average molecular weight is 403 g/mol. The molecule has 7 nitrogen and oxygen atoms in total. The summed E-state index contributed by atoms with van der Waals surface area (Å²) in [6.07, 6.45) is 3.79. The summed E-state index contributed by atoms with van der Waals surface area (Å²) < 4.78 is 5.83. The van der Waals surface area contributed by atoms with Crippen molar-refractivity contribution in [3.05, 3.63) is 72.1 Å². The fraction of sp³-hybridized carbons (Fsp3) is 0.261. The molecular formula is C23H26N6O. The van der Waals surface area contributed by atoms with Gasteiger partial charge in [-0.2, -0.15) is 0 Å². The number of aromatic nitrogens is 2. The van der Waals surface area contributed by atoms with Gasteiger partial charge in [-0.3, -0.25) is 5.41 Å². The molecule has 1 fully saturated rings. The van der Waals surface area contributed by atoms with Crippen LogP contribution in [0.1, 0.15) is 24.0 Å². The molecule has 3 aromatic rings. The molecule has 1 aliphatic rings. The number of benzene rings is 2. The van der Waals surface area contributed by atoms with Crippen LogP contribution < -0.4 is 15.8 Å². The fourth-order valence-electron chi connectivity index (χ4n) is 3.69. The van der Waals surface area contributed by atoms with Crippen LogP contribution in [-0.2, 0) is 0 Å². The summed E-state index contributed by atoms with van der Waals surface area (Å²) in [5, 5.41) is 12.1. The number of nitrogen functional groups attached to an aromatic ring is 1. The summed E-state index contributed by atoms with van der Waals surface area (Å²) in [7, 11) is 2.13. The maximum atomic E-state index is 8.72. The van der Waals surface area contributed by atoms with Gasteiger partial charge in [-0.05, 0) is 62.8 Å². The summed E-state index contributed by atoms with van der Waals surface area (Å²) in [4.78, 5) is 10.8. The molecule has 0 spiro atoms. The Labute approximate surface area is 176 Å². The second-order valence-electron chi connectivity index (χ2n) is 7.45. The van der Waals surface area contributed by atoms with Gasteiger partial charge >= 0.3 is 0 Å². The number of hydrogen-bond donors (Lipinski definition) is 3. The molecule has 30 heavy (non-hydrogen) atoms. The Bertz CT molecular complexity index is 1010. The van der Waals surface area contributed by atoms with Crippen molar-refractivity contribution in [1.29, 1.82) is 5.41 Å². The predicted molar refractivity (Wildman–Crippen MR) is 119 cm³/mol. The molecule has 0 bridgehead atoms. The quantitative estimate of drug-likeness (QED) is 0.520. The maximum Gasteiger partial charge on any atom is 0.141 e. The van der Waals surface area contributed by atoms with Gasteiger partial charge in [-0.15, -0.1) is 0 Å². The molecule has 154 valence electrons. The zero-order valence-corrected chi connectivity index (χ0v) is 17.0. The maximum absolute atomic E-state index is 8.72. The molecule has 7 heteroatoms. The first kappa shape index (κ1) is 19.8. The Balaban J connectivity index is 1.51. The van der Waals surface area contributed by atoms with E-state index in [0.29, 0.717) is 29.0 Å². The van der Waals surface area contributed by atoms with Crippen LogP contribution in [0.15, 0.2) is 60.9 Å². The number of likely N-dealkylation sites (N-methyl/N-ethyl adjacent to an activating group) is 1. The second-order valence-corrected chi connectivity index (χ2v) is 7.45. The Morgan fingerprint density at radius 3 is 2.57 bits per heavy atom. The highest BCUT2D eigenvalue weighted by Gasteiger charge is 2.22. The third-order valence-electron chi connectivity index (χ3n) is 5.43. The highest BCUT2D eigenvalue weighted by atomic mass is 16.5. The minimum Gasteiger partial charge on any atom is -0.457 e. The number of nitrogens with one attached hydrogen (secondary N) is 2. The van der Waals surface area contributed by atoms with Crippen molar-refractivity contribution in [2.75, 3.05) is 31.2 Å². The van der Waals surface area contributed by atoms with Gasteiger partial charge in [0.2, 0.25) is 0 Å². The van der Waals surface area contributed by atoms with E-state index >= 15 is 0 Å². The van der Waals surface area contributed by atoms with E-state index in [2.05, 4.69) is 27.2 Å². The van der Waals surface area contributed by atoms with Gasteiger partial charge < -0.3 is 20.7 Å². The average Bonchev–Trinajstić information content (AvgIpc) is 3.18. The molecule has 2 heterocycles. The first-order chi connectivity index (χ1) is 14.6. The van der Waals surface area contributed by atoms with E-state index in [4.69, 9.17) is 15.9 Å². The van der Waals surface area contributed by atoms with E-state index < -0.39 is 0 Å². The van der Waals surface area contributed by atoms with Crippen LogP contribution in [0.4, 0.5) is 11.6 Å². The molecule has 1 unspecified atom stereocenters. The summed E-state index contributed by atoms with van der Waals surface area (Å²) in [5.74, 6) is 2.36. The third kappa shape index (κ3) is 4.41. The minimum atomic E-state index is 0.279. The van der Waals surface area contributed by atoms with E-state index in [-0.39, 0.29) is 5.71 Å². The zero-order valence-electron chi connectivity index (χ0n) is 17.0. The highest BCUT2D eigenvalue weighted by molar-refractivity contribution is 6.16. The van der Waals surface area contributed by atoms with Gasteiger partial charge in [0.25, 0.3) is 0 Å². The summed E-state index contributed by atoms with van der Waals surface area (Å²) in [6, 6.07) is 17.4. The molecule has 1 aliphatic heterocycles. The smallest absolute Gasteiger partial charge is 0.141 e. The van der Waals surface area contributed by atoms with Crippen molar-refractivity contribution < 1.29 is 4.74 Å². The second kappa shape index (κ2) is 8.92. The van der Waals surface area contributed by atoms with Crippen molar-refractivity contribution in [3.63, 3.8) is 0 Å².